The minimum absolute atomic E-state index is 0. The van der Waals surface area contributed by atoms with E-state index < -0.39 is 0 Å². The van der Waals surface area contributed by atoms with E-state index in [1.165, 1.54) is 11.1 Å². The van der Waals surface area contributed by atoms with Crippen molar-refractivity contribution in [1.29, 1.82) is 0 Å². The fraction of sp³-hybridized carbons (Fsp3) is 0.0870. The van der Waals surface area contributed by atoms with Crippen molar-refractivity contribution in [2.45, 2.75) is 19.8 Å². The van der Waals surface area contributed by atoms with Crippen LogP contribution in [0.4, 0.5) is 17.1 Å². The number of aryl methyl sites for hydroxylation is 1. The summed E-state index contributed by atoms with van der Waals surface area (Å²) in [6.45, 7) is 4.49. The first-order chi connectivity index (χ1) is 25.0. The Bertz CT molecular complexity index is 2710. The molecule has 0 bridgehead atoms. The van der Waals surface area contributed by atoms with Crippen LogP contribution in [0.2, 0.25) is 0 Å². The molecule has 0 aliphatic carbocycles. The van der Waals surface area contributed by atoms with Crippen molar-refractivity contribution in [2.24, 2.45) is 7.05 Å². The SMILES string of the molecule is CC(C)c1ccccc1-c1ccnc(-n2c3[c-]c(N(c4[c-]c(-n5[cH+]n(C)c6ccccc65)ccc4)c4ccccc4)ccc3c3ccccc32)c1.[Pt]. The van der Waals surface area contributed by atoms with Crippen LogP contribution < -0.4 is 4.90 Å². The van der Waals surface area contributed by atoms with Gasteiger partial charge in [-0.05, 0) is 70.5 Å². The Morgan fingerprint density at radius 1 is 0.654 bits per heavy atom. The Kier molecular flexibility index (Phi) is 8.82. The van der Waals surface area contributed by atoms with Gasteiger partial charge in [-0.2, -0.15) is 12.1 Å². The fourth-order valence-electron chi connectivity index (χ4n) is 7.38. The predicted molar refractivity (Wildman–Crippen MR) is 211 cm³/mol. The molecule has 3 aromatic heterocycles. The average molecular weight is 854 g/mol. The first-order valence-corrected chi connectivity index (χ1v) is 17.4. The van der Waals surface area contributed by atoms with Gasteiger partial charge in [-0.3, -0.25) is 0 Å². The summed E-state index contributed by atoms with van der Waals surface area (Å²) < 4.78 is 6.60. The topological polar surface area (TPSA) is 30.9 Å². The number of aromatic nitrogens is 4. The van der Waals surface area contributed by atoms with E-state index in [9.17, 15) is 0 Å². The van der Waals surface area contributed by atoms with Gasteiger partial charge in [0.15, 0.2) is 17.4 Å². The zero-order valence-corrected chi connectivity index (χ0v) is 31.4. The van der Waals surface area contributed by atoms with E-state index in [1.807, 2.05) is 6.20 Å². The van der Waals surface area contributed by atoms with E-state index in [2.05, 4.69) is 204 Å². The van der Waals surface area contributed by atoms with Gasteiger partial charge in [-0.15, -0.1) is 29.7 Å². The standard InChI is InChI=1S/C46H36N5.Pt/c1-32(2)38-18-7-8-19-39(38)33-26-27-47-46(28-33)51-42-21-10-9-20-40(42)41-25-24-37(30-45(41)51)50(34-14-5-4-6-15-34)36-17-13-16-35(29-36)49-31-48(3)43-22-11-12-23-44(43)49;/h4-28,31-32H,1-3H3;/q-1;. The maximum Gasteiger partial charge on any atom is 0.188 e. The molecule has 0 atom stereocenters. The average Bonchev–Trinajstić information content (AvgIpc) is 3.70. The molecule has 6 heteroatoms. The van der Waals surface area contributed by atoms with Crippen LogP contribution in [0.5, 0.6) is 0 Å². The Hall–Kier alpha value is -5.77. The molecule has 0 aliphatic rings. The second-order valence-electron chi connectivity index (χ2n) is 13.3. The van der Waals surface area contributed by atoms with Gasteiger partial charge in [0, 0.05) is 63.3 Å². The molecule has 0 saturated carbocycles. The van der Waals surface area contributed by atoms with E-state index in [-0.39, 0.29) is 21.1 Å². The van der Waals surface area contributed by atoms with E-state index >= 15 is 0 Å². The maximum absolute atomic E-state index is 4.96. The van der Waals surface area contributed by atoms with Crippen molar-refractivity contribution in [1.82, 2.24) is 18.7 Å². The summed E-state index contributed by atoms with van der Waals surface area (Å²) in [6, 6.07) is 58.8. The molecular weight excluding hydrogens is 818 g/mol. The maximum atomic E-state index is 4.96. The van der Waals surface area contributed by atoms with Crippen LogP contribution in [0.1, 0.15) is 25.3 Å². The first kappa shape index (κ1) is 33.4. The van der Waals surface area contributed by atoms with Gasteiger partial charge in [0.25, 0.3) is 0 Å². The summed E-state index contributed by atoms with van der Waals surface area (Å²) in [5.41, 5.74) is 11.9. The van der Waals surface area contributed by atoms with Crippen LogP contribution in [-0.2, 0) is 28.1 Å². The molecule has 3 heterocycles. The number of imidazole rings is 1. The van der Waals surface area contributed by atoms with Crippen molar-refractivity contribution < 1.29 is 21.1 Å². The van der Waals surface area contributed by atoms with E-state index in [0.717, 1.165) is 67.0 Å². The summed E-state index contributed by atoms with van der Waals surface area (Å²) >= 11 is 0. The molecule has 0 radical (unpaired) electrons. The zero-order valence-electron chi connectivity index (χ0n) is 29.1. The molecule has 52 heavy (non-hydrogen) atoms. The molecule has 0 fully saturated rings. The number of anilines is 3. The van der Waals surface area contributed by atoms with Crippen LogP contribution in [-0.4, -0.2) is 18.7 Å². The third kappa shape index (κ3) is 5.72. The fourth-order valence-corrected chi connectivity index (χ4v) is 7.38. The largest absolute Gasteiger partial charge is 0.358 e. The molecule has 9 rings (SSSR count). The van der Waals surface area contributed by atoms with Gasteiger partial charge in [-0.25, -0.2) is 14.1 Å². The van der Waals surface area contributed by atoms with Gasteiger partial charge in [0.05, 0.1) is 0 Å². The number of para-hydroxylation sites is 4. The number of benzene rings is 6. The molecule has 0 aliphatic heterocycles. The van der Waals surface area contributed by atoms with Gasteiger partial charge < -0.3 is 9.47 Å². The third-order valence-corrected chi connectivity index (χ3v) is 9.77. The quantitative estimate of drug-likeness (QED) is 0.150. The molecule has 0 spiro atoms. The van der Waals surface area contributed by atoms with Crippen molar-refractivity contribution in [3.05, 3.63) is 176 Å². The number of pyridine rings is 1. The first-order valence-electron chi connectivity index (χ1n) is 17.4. The Labute approximate surface area is 318 Å². The summed E-state index contributed by atoms with van der Waals surface area (Å²) in [4.78, 5) is 7.20. The molecule has 0 saturated heterocycles. The molecule has 5 nitrogen and oxygen atoms in total. The van der Waals surface area contributed by atoms with Crippen LogP contribution in [0.15, 0.2) is 158 Å². The molecule has 256 valence electrons. The van der Waals surface area contributed by atoms with E-state index in [1.54, 1.807) is 0 Å². The summed E-state index contributed by atoms with van der Waals surface area (Å²) in [6.07, 6.45) is 4.04. The molecule has 6 aromatic carbocycles. The number of nitrogens with zero attached hydrogens (tertiary/aromatic N) is 5. The van der Waals surface area contributed by atoms with Gasteiger partial charge in [0.2, 0.25) is 0 Å². The Morgan fingerprint density at radius 3 is 2.19 bits per heavy atom. The molecular formula is C46H36N5Pt-. The monoisotopic (exact) mass is 853 g/mol. The molecule has 9 aromatic rings. The van der Waals surface area contributed by atoms with Crippen LogP contribution in [0, 0.1) is 12.1 Å². The van der Waals surface area contributed by atoms with Gasteiger partial charge >= 0.3 is 0 Å². The van der Waals surface area contributed by atoms with Crippen LogP contribution in [0.3, 0.4) is 0 Å². The minimum atomic E-state index is 0. The summed E-state index contributed by atoms with van der Waals surface area (Å²) in [5, 5.41) is 2.29. The van der Waals surface area contributed by atoms with Crippen LogP contribution in [0.25, 0.3) is 55.5 Å². The van der Waals surface area contributed by atoms with Crippen molar-refractivity contribution in [3.8, 4) is 22.6 Å². The van der Waals surface area contributed by atoms with E-state index in [0.29, 0.717) is 5.92 Å². The molecule has 0 N–H and O–H groups in total. The predicted octanol–water partition coefficient (Wildman–Crippen LogP) is 11.6. The number of rotatable bonds is 7. The third-order valence-electron chi connectivity index (χ3n) is 9.77. The second kappa shape index (κ2) is 13.7. The van der Waals surface area contributed by atoms with Crippen LogP contribution >= 0.6 is 0 Å². The molecule has 0 unspecified atom stereocenters. The smallest absolute Gasteiger partial charge is 0.188 e. The normalized spacial score (nSPS) is 11.4. The van der Waals surface area contributed by atoms with Crippen molar-refractivity contribution in [2.75, 3.05) is 4.90 Å². The Balaban J connectivity index is 0.00000387. The number of fused-ring (bicyclic) bond motifs is 4. The van der Waals surface area contributed by atoms with E-state index in [4.69, 9.17) is 4.98 Å². The second-order valence-corrected chi connectivity index (χ2v) is 13.3. The number of hydrogen-bond acceptors (Lipinski definition) is 2. The van der Waals surface area contributed by atoms with Crippen molar-refractivity contribution in [3.63, 3.8) is 0 Å². The molecule has 0 amide bonds. The summed E-state index contributed by atoms with van der Waals surface area (Å²) in [5.74, 6) is 1.26. The summed E-state index contributed by atoms with van der Waals surface area (Å²) in [7, 11) is 2.08. The minimum Gasteiger partial charge on any atom is -0.358 e. The van der Waals surface area contributed by atoms with Gasteiger partial charge in [-0.1, -0.05) is 97.5 Å². The zero-order chi connectivity index (χ0) is 34.5. The van der Waals surface area contributed by atoms with Gasteiger partial charge in [0.1, 0.15) is 5.82 Å². The number of hydrogen-bond donors (Lipinski definition) is 0. The van der Waals surface area contributed by atoms with Crippen molar-refractivity contribution >= 4 is 49.9 Å². The Morgan fingerprint density at radius 2 is 1.37 bits per heavy atom.